The molecule has 0 spiro atoms. The SMILES string of the molecule is O=C(NCc1cccc(-c2cccc(C3OC(CSc4nc5ccccc5s4)CC(c4ccc(CO)cc4)O3)c2)c1)C(Cl)(Cl)Cl. The number of aliphatic hydroxyl groups excluding tert-OH is 1. The number of hydrogen-bond acceptors (Lipinski definition) is 7. The normalized spacial score (nSPS) is 18.6. The standard InChI is InChI=1S/C34H29Cl3N2O4S2/c35-34(36,37)32(41)38-18-22-5-3-6-24(15-22)25-7-4-8-26(16-25)31-42-27(17-29(43-31)23-13-11-21(19-40)12-14-23)20-44-33-39-28-9-1-2-10-30(28)45-33/h1-16,27,29,31,40H,17-20H2,(H,38,41). The number of para-hydroxylation sites is 1. The Labute approximate surface area is 284 Å². The zero-order valence-corrected chi connectivity index (χ0v) is 27.8. The maximum atomic E-state index is 12.0. The highest BCUT2D eigenvalue weighted by molar-refractivity contribution is 8.01. The van der Waals surface area contributed by atoms with Crippen molar-refractivity contribution in [2.45, 2.75) is 46.2 Å². The number of thioether (sulfide) groups is 1. The number of thiazole rings is 1. The summed E-state index contributed by atoms with van der Waals surface area (Å²) in [7, 11) is 0. The second kappa shape index (κ2) is 14.4. The molecule has 4 aromatic carbocycles. The third-order valence-corrected chi connectivity index (χ3v) is 10.2. The molecule has 1 fully saturated rings. The van der Waals surface area contributed by atoms with Gasteiger partial charge in [-0.3, -0.25) is 4.79 Å². The first kappa shape index (κ1) is 32.3. The Bertz CT molecular complexity index is 1740. The molecular formula is C34H29Cl3N2O4S2. The maximum absolute atomic E-state index is 12.0. The Balaban J connectivity index is 1.22. The van der Waals surface area contributed by atoms with E-state index < -0.39 is 16.0 Å². The van der Waals surface area contributed by atoms with Crippen LogP contribution in [0.3, 0.4) is 0 Å². The van der Waals surface area contributed by atoms with Gasteiger partial charge in [-0.2, -0.15) is 0 Å². The number of aliphatic hydroxyl groups is 1. The Morgan fingerprint density at radius 3 is 2.42 bits per heavy atom. The Morgan fingerprint density at radius 1 is 0.911 bits per heavy atom. The Hall–Kier alpha value is -2.66. The first-order valence-corrected chi connectivity index (χ1v) is 17.2. The molecule has 0 aliphatic carbocycles. The first-order chi connectivity index (χ1) is 21.7. The second-order valence-electron chi connectivity index (χ2n) is 10.6. The third-order valence-electron chi connectivity index (χ3n) is 7.41. The summed E-state index contributed by atoms with van der Waals surface area (Å²) in [6, 6.07) is 31.9. The molecule has 1 amide bonds. The lowest BCUT2D eigenvalue weighted by molar-refractivity contribution is -0.245. The lowest BCUT2D eigenvalue weighted by atomic mass is 9.99. The van der Waals surface area contributed by atoms with Crippen LogP contribution in [0.15, 0.2) is 101 Å². The average Bonchev–Trinajstić information content (AvgIpc) is 3.49. The van der Waals surface area contributed by atoms with Gasteiger partial charge in [-0.15, -0.1) is 11.3 Å². The number of ether oxygens (including phenoxy) is 2. The molecule has 1 aromatic heterocycles. The first-order valence-electron chi connectivity index (χ1n) is 14.3. The number of nitrogens with one attached hydrogen (secondary N) is 1. The number of hydrogen-bond donors (Lipinski definition) is 2. The minimum Gasteiger partial charge on any atom is -0.392 e. The molecule has 0 saturated carbocycles. The molecule has 0 radical (unpaired) electrons. The summed E-state index contributed by atoms with van der Waals surface area (Å²) in [4.78, 5) is 16.8. The molecule has 11 heteroatoms. The van der Waals surface area contributed by atoms with E-state index in [1.807, 2.05) is 84.9 Å². The molecule has 1 aliphatic heterocycles. The van der Waals surface area contributed by atoms with Gasteiger partial charge in [0.25, 0.3) is 9.70 Å². The lowest BCUT2D eigenvalue weighted by Crippen LogP contribution is -2.33. The minimum absolute atomic E-state index is 0.00770. The second-order valence-corrected chi connectivity index (χ2v) is 15.2. The minimum atomic E-state index is -2.02. The van der Waals surface area contributed by atoms with Gasteiger partial charge in [-0.25, -0.2) is 4.98 Å². The van der Waals surface area contributed by atoms with Gasteiger partial charge in [0.1, 0.15) is 0 Å². The smallest absolute Gasteiger partial charge is 0.272 e. The molecule has 6 nitrogen and oxygen atoms in total. The molecule has 2 heterocycles. The predicted molar refractivity (Wildman–Crippen MR) is 183 cm³/mol. The van der Waals surface area contributed by atoms with Crippen molar-refractivity contribution < 1.29 is 19.4 Å². The van der Waals surface area contributed by atoms with Crippen LogP contribution in [0.25, 0.3) is 21.3 Å². The van der Waals surface area contributed by atoms with Crippen LogP contribution >= 0.6 is 57.9 Å². The molecule has 2 N–H and O–H groups in total. The number of alkyl halides is 3. The number of fused-ring (bicyclic) bond motifs is 1. The lowest BCUT2D eigenvalue weighted by Gasteiger charge is -2.36. The zero-order valence-electron chi connectivity index (χ0n) is 23.9. The predicted octanol–water partition coefficient (Wildman–Crippen LogP) is 8.78. The van der Waals surface area contributed by atoms with Crippen molar-refractivity contribution in [2.24, 2.45) is 0 Å². The van der Waals surface area contributed by atoms with E-state index in [9.17, 15) is 9.90 Å². The molecule has 45 heavy (non-hydrogen) atoms. The van der Waals surface area contributed by atoms with Crippen LogP contribution in [0.2, 0.25) is 0 Å². The van der Waals surface area contributed by atoms with Crippen LogP contribution in [0.4, 0.5) is 0 Å². The number of amides is 1. The zero-order chi connectivity index (χ0) is 31.4. The van der Waals surface area contributed by atoms with Gasteiger partial charge in [-0.05, 0) is 52.1 Å². The third kappa shape index (κ3) is 8.20. The van der Waals surface area contributed by atoms with Crippen molar-refractivity contribution in [1.82, 2.24) is 10.3 Å². The maximum Gasteiger partial charge on any atom is 0.272 e. The number of rotatable bonds is 9. The van der Waals surface area contributed by atoms with Crippen LogP contribution in [-0.4, -0.2) is 31.6 Å². The highest BCUT2D eigenvalue weighted by Gasteiger charge is 2.33. The van der Waals surface area contributed by atoms with Crippen LogP contribution in [0.5, 0.6) is 0 Å². The molecule has 0 bridgehead atoms. The van der Waals surface area contributed by atoms with Gasteiger partial charge >= 0.3 is 0 Å². The Morgan fingerprint density at radius 2 is 1.67 bits per heavy atom. The van der Waals surface area contributed by atoms with Crippen LogP contribution in [0, 0.1) is 0 Å². The van der Waals surface area contributed by atoms with E-state index in [1.165, 1.54) is 4.70 Å². The van der Waals surface area contributed by atoms with E-state index in [0.29, 0.717) is 6.42 Å². The van der Waals surface area contributed by atoms with Crippen molar-refractivity contribution in [3.05, 3.63) is 119 Å². The highest BCUT2D eigenvalue weighted by atomic mass is 35.6. The van der Waals surface area contributed by atoms with Crippen molar-refractivity contribution in [3.8, 4) is 11.1 Å². The number of nitrogens with zero attached hydrogens (tertiary/aromatic N) is 1. The number of benzene rings is 4. The van der Waals surface area contributed by atoms with Gasteiger partial charge in [0.15, 0.2) is 10.6 Å². The summed E-state index contributed by atoms with van der Waals surface area (Å²) >= 11 is 20.5. The van der Waals surface area contributed by atoms with E-state index in [4.69, 9.17) is 49.3 Å². The van der Waals surface area contributed by atoms with Gasteiger partial charge in [-0.1, -0.05) is 119 Å². The van der Waals surface area contributed by atoms with Gasteiger partial charge in [0, 0.05) is 24.3 Å². The van der Waals surface area contributed by atoms with Gasteiger partial charge in [0.2, 0.25) is 0 Å². The average molecular weight is 700 g/mol. The molecule has 3 atom stereocenters. The summed E-state index contributed by atoms with van der Waals surface area (Å²) < 4.78 is 13.3. The summed E-state index contributed by atoms with van der Waals surface area (Å²) in [5.41, 5.74) is 6.60. The summed E-state index contributed by atoms with van der Waals surface area (Å²) in [5.74, 6) is 0.0509. The van der Waals surface area contributed by atoms with E-state index in [0.717, 1.165) is 49.0 Å². The van der Waals surface area contributed by atoms with Crippen LogP contribution < -0.4 is 5.32 Å². The van der Waals surface area contributed by atoms with Crippen LogP contribution in [0.1, 0.15) is 41.1 Å². The number of aromatic nitrogens is 1. The highest BCUT2D eigenvalue weighted by Crippen LogP contribution is 2.41. The summed E-state index contributed by atoms with van der Waals surface area (Å²) in [6.45, 7) is 0.214. The fourth-order valence-corrected chi connectivity index (χ4v) is 7.42. The van der Waals surface area contributed by atoms with E-state index >= 15 is 0 Å². The molecule has 1 saturated heterocycles. The monoisotopic (exact) mass is 698 g/mol. The van der Waals surface area contributed by atoms with Crippen molar-refractivity contribution in [3.63, 3.8) is 0 Å². The number of halogens is 3. The van der Waals surface area contributed by atoms with Gasteiger partial charge in [0.05, 0.1) is 29.0 Å². The molecule has 5 aromatic rings. The van der Waals surface area contributed by atoms with Gasteiger partial charge < -0.3 is 19.9 Å². The van der Waals surface area contributed by atoms with E-state index in [1.54, 1.807) is 23.1 Å². The topological polar surface area (TPSA) is 80.7 Å². The van der Waals surface area contributed by atoms with E-state index in [2.05, 4.69) is 17.4 Å². The fraction of sp³-hybridized carbons (Fsp3) is 0.235. The number of carbonyl (C=O) groups excluding carboxylic acids is 1. The van der Waals surface area contributed by atoms with Crippen molar-refractivity contribution >= 4 is 74.0 Å². The fourth-order valence-electron chi connectivity index (χ4n) is 5.11. The molecular weight excluding hydrogens is 671 g/mol. The summed E-state index contributed by atoms with van der Waals surface area (Å²) in [6.07, 6.45) is -0.175. The Kier molecular flexibility index (Phi) is 10.3. The van der Waals surface area contributed by atoms with E-state index in [-0.39, 0.29) is 25.4 Å². The van der Waals surface area contributed by atoms with Crippen LogP contribution in [-0.2, 0) is 27.4 Å². The largest absolute Gasteiger partial charge is 0.392 e. The number of carbonyl (C=O) groups is 1. The molecule has 1 aliphatic rings. The van der Waals surface area contributed by atoms with Crippen molar-refractivity contribution in [2.75, 3.05) is 5.75 Å². The molecule has 6 rings (SSSR count). The quantitative estimate of drug-likeness (QED) is 0.118. The van der Waals surface area contributed by atoms with Crippen molar-refractivity contribution in [1.29, 1.82) is 0 Å². The summed E-state index contributed by atoms with van der Waals surface area (Å²) in [5, 5.41) is 12.2. The molecule has 3 unspecified atom stereocenters. The molecule has 232 valence electrons.